The molecule has 4 aromatic rings. The Bertz CT molecular complexity index is 1580. The molecular formula is C37H39Cl3N2O4. The molecule has 6 nitrogen and oxygen atoms in total. The highest BCUT2D eigenvalue weighted by Gasteiger charge is 2.39. The number of nitrogens with zero attached hydrogens (tertiary/aromatic N) is 1. The van der Waals surface area contributed by atoms with Crippen LogP contribution in [0.4, 0.5) is 0 Å². The average molecular weight is 682 g/mol. The van der Waals surface area contributed by atoms with Crippen molar-refractivity contribution in [3.05, 3.63) is 131 Å². The topological polar surface area (TPSA) is 71.0 Å². The predicted octanol–water partition coefficient (Wildman–Crippen LogP) is 8.32. The van der Waals surface area contributed by atoms with Gasteiger partial charge in [0.15, 0.2) is 6.29 Å². The van der Waals surface area contributed by atoms with Crippen LogP contribution < -0.4 is 5.32 Å². The van der Waals surface area contributed by atoms with Crippen LogP contribution in [0.25, 0.3) is 11.1 Å². The van der Waals surface area contributed by atoms with Crippen LogP contribution in [-0.2, 0) is 27.4 Å². The SMILES string of the molecule is C[C@H]1[C@@H](CN(C)[C@@H](C)c2ccccc2)O[C@@H](c2ccc(-c3ccccc3CNC(=O)C(Cl)(Cl)Cl)cc2)O[C@H]1c1ccc(CO)cc1. The Kier molecular flexibility index (Phi) is 11.4. The highest BCUT2D eigenvalue weighted by Crippen LogP contribution is 2.42. The lowest BCUT2D eigenvalue weighted by atomic mass is 9.89. The van der Waals surface area contributed by atoms with Crippen molar-refractivity contribution in [2.75, 3.05) is 13.6 Å². The van der Waals surface area contributed by atoms with Crippen molar-refractivity contribution >= 4 is 40.7 Å². The number of carbonyl (C=O) groups excluding carboxylic acids is 1. The minimum atomic E-state index is -2.03. The molecule has 1 aliphatic rings. The zero-order valence-electron chi connectivity index (χ0n) is 26.1. The Balaban J connectivity index is 1.38. The summed E-state index contributed by atoms with van der Waals surface area (Å²) < 4.78 is 11.4. The van der Waals surface area contributed by atoms with E-state index < -0.39 is 16.0 Å². The number of aliphatic hydroxyl groups is 1. The van der Waals surface area contributed by atoms with E-state index in [1.807, 2.05) is 78.9 Å². The number of likely N-dealkylation sites (N-methyl/N-ethyl adjacent to an activating group) is 1. The maximum atomic E-state index is 12.1. The highest BCUT2D eigenvalue weighted by atomic mass is 35.6. The zero-order chi connectivity index (χ0) is 32.8. The van der Waals surface area contributed by atoms with Gasteiger partial charge in [-0.3, -0.25) is 9.69 Å². The standard InChI is InChI=1S/C37H39Cl3N2O4/c1-24-33(22-42(3)25(2)27-9-5-4-6-10-27)45-35(46-34(24)29-15-13-26(23-43)14-16-29)30-19-17-28(18-20-30)32-12-8-7-11-31(32)21-41-36(44)37(38,39)40/h4-20,24-25,33-35,43H,21-23H2,1-3H3,(H,41,44)/t24-,25-,33+,34+,35+/m0/s1. The van der Waals surface area contributed by atoms with Crippen LogP contribution in [0, 0.1) is 5.92 Å². The first kappa shape index (κ1) is 34.4. The normalized spacial score (nSPS) is 20.8. The minimum Gasteiger partial charge on any atom is -0.392 e. The van der Waals surface area contributed by atoms with E-state index in [1.54, 1.807) is 0 Å². The molecule has 0 radical (unpaired) electrons. The summed E-state index contributed by atoms with van der Waals surface area (Å²) in [6.07, 6.45) is -0.907. The van der Waals surface area contributed by atoms with Crippen molar-refractivity contribution < 1.29 is 19.4 Å². The Labute approximate surface area is 286 Å². The van der Waals surface area contributed by atoms with Gasteiger partial charge < -0.3 is 19.9 Å². The van der Waals surface area contributed by atoms with Crippen molar-refractivity contribution in [2.45, 2.75) is 55.3 Å². The molecule has 1 aliphatic heterocycles. The summed E-state index contributed by atoms with van der Waals surface area (Å²) >= 11 is 17.2. The fraction of sp³-hybridized carbons (Fsp3) is 0.324. The molecule has 242 valence electrons. The number of nitrogens with one attached hydrogen (secondary N) is 1. The molecular weight excluding hydrogens is 643 g/mol. The van der Waals surface area contributed by atoms with Crippen LogP contribution >= 0.6 is 34.8 Å². The van der Waals surface area contributed by atoms with Gasteiger partial charge in [0.1, 0.15) is 0 Å². The Morgan fingerprint density at radius 2 is 1.52 bits per heavy atom. The van der Waals surface area contributed by atoms with Gasteiger partial charge in [0.05, 0.1) is 18.8 Å². The summed E-state index contributed by atoms with van der Waals surface area (Å²) in [6, 6.07) is 34.5. The van der Waals surface area contributed by atoms with Gasteiger partial charge in [0, 0.05) is 30.6 Å². The van der Waals surface area contributed by atoms with Crippen molar-refractivity contribution in [1.82, 2.24) is 10.2 Å². The Morgan fingerprint density at radius 1 is 0.891 bits per heavy atom. The quantitative estimate of drug-likeness (QED) is 0.165. The number of carbonyl (C=O) groups is 1. The number of aliphatic hydroxyl groups excluding tert-OH is 1. The molecule has 0 saturated carbocycles. The van der Waals surface area contributed by atoms with Crippen LogP contribution in [0.3, 0.4) is 0 Å². The van der Waals surface area contributed by atoms with Gasteiger partial charge >= 0.3 is 0 Å². The summed E-state index contributed by atoms with van der Waals surface area (Å²) in [5.74, 6) is -0.613. The summed E-state index contributed by atoms with van der Waals surface area (Å²) in [7, 11) is 2.13. The first-order valence-electron chi connectivity index (χ1n) is 15.3. The van der Waals surface area contributed by atoms with Gasteiger partial charge in [-0.15, -0.1) is 0 Å². The summed E-state index contributed by atoms with van der Waals surface area (Å²) in [5, 5.41) is 12.3. The lowest BCUT2D eigenvalue weighted by molar-refractivity contribution is -0.276. The van der Waals surface area contributed by atoms with Crippen molar-refractivity contribution in [3.8, 4) is 11.1 Å². The molecule has 2 N–H and O–H groups in total. The van der Waals surface area contributed by atoms with E-state index in [1.165, 1.54) is 5.56 Å². The van der Waals surface area contributed by atoms with Gasteiger partial charge in [-0.1, -0.05) is 145 Å². The minimum absolute atomic E-state index is 0.00730. The van der Waals surface area contributed by atoms with E-state index in [-0.39, 0.29) is 37.3 Å². The third kappa shape index (κ3) is 8.31. The molecule has 9 heteroatoms. The van der Waals surface area contributed by atoms with E-state index in [0.717, 1.165) is 33.4 Å². The lowest BCUT2D eigenvalue weighted by Gasteiger charge is -2.43. The third-order valence-electron chi connectivity index (χ3n) is 8.74. The van der Waals surface area contributed by atoms with Crippen LogP contribution in [0.15, 0.2) is 103 Å². The summed E-state index contributed by atoms with van der Waals surface area (Å²) in [5.41, 5.74) is 6.86. The van der Waals surface area contributed by atoms with Crippen LogP contribution in [0.5, 0.6) is 0 Å². The molecule has 1 heterocycles. The lowest BCUT2D eigenvalue weighted by Crippen LogP contribution is -2.44. The van der Waals surface area contributed by atoms with Crippen molar-refractivity contribution in [3.63, 3.8) is 0 Å². The molecule has 0 aromatic heterocycles. The maximum absolute atomic E-state index is 12.1. The van der Waals surface area contributed by atoms with Gasteiger partial charge in [-0.25, -0.2) is 0 Å². The van der Waals surface area contributed by atoms with Gasteiger partial charge in [0.25, 0.3) is 9.70 Å². The number of benzene rings is 4. The maximum Gasteiger partial charge on any atom is 0.272 e. The molecule has 5 rings (SSSR count). The largest absolute Gasteiger partial charge is 0.392 e. The predicted molar refractivity (Wildman–Crippen MR) is 184 cm³/mol. The van der Waals surface area contributed by atoms with E-state index in [9.17, 15) is 9.90 Å². The Hall–Kier alpha value is -2.94. The fourth-order valence-electron chi connectivity index (χ4n) is 5.81. The van der Waals surface area contributed by atoms with Crippen molar-refractivity contribution in [1.29, 1.82) is 0 Å². The van der Waals surface area contributed by atoms with Crippen LogP contribution in [-0.4, -0.2) is 39.4 Å². The molecule has 0 unspecified atom stereocenters. The first-order chi connectivity index (χ1) is 22.0. The summed E-state index contributed by atoms with van der Waals surface area (Å²) in [4.78, 5) is 14.5. The number of rotatable bonds is 10. The number of halogens is 3. The number of ether oxygens (including phenoxy) is 2. The van der Waals surface area contributed by atoms with E-state index in [0.29, 0.717) is 6.54 Å². The molecule has 5 atom stereocenters. The molecule has 1 fully saturated rings. The number of alkyl halides is 3. The van der Waals surface area contributed by atoms with Crippen LogP contribution in [0.1, 0.15) is 60.1 Å². The second kappa shape index (κ2) is 15.3. The van der Waals surface area contributed by atoms with E-state index >= 15 is 0 Å². The van der Waals surface area contributed by atoms with Gasteiger partial charge in [-0.2, -0.15) is 0 Å². The van der Waals surface area contributed by atoms with Gasteiger partial charge in [-0.05, 0) is 47.4 Å². The molecule has 1 amide bonds. The monoisotopic (exact) mass is 680 g/mol. The average Bonchev–Trinajstić information content (AvgIpc) is 3.08. The van der Waals surface area contributed by atoms with Gasteiger partial charge in [0.2, 0.25) is 0 Å². The van der Waals surface area contributed by atoms with E-state index in [4.69, 9.17) is 44.3 Å². The van der Waals surface area contributed by atoms with Crippen molar-refractivity contribution in [2.24, 2.45) is 5.92 Å². The van der Waals surface area contributed by atoms with E-state index in [2.05, 4.69) is 55.4 Å². The number of hydrogen-bond donors (Lipinski definition) is 2. The van der Waals surface area contributed by atoms with Crippen LogP contribution in [0.2, 0.25) is 0 Å². The first-order valence-corrected chi connectivity index (χ1v) is 16.5. The molecule has 1 saturated heterocycles. The number of hydrogen-bond acceptors (Lipinski definition) is 5. The smallest absolute Gasteiger partial charge is 0.272 e. The fourth-order valence-corrected chi connectivity index (χ4v) is 6.01. The third-order valence-corrected chi connectivity index (χ3v) is 9.26. The molecule has 0 bridgehead atoms. The molecule has 4 aromatic carbocycles. The molecule has 0 aliphatic carbocycles. The molecule has 46 heavy (non-hydrogen) atoms. The number of amides is 1. The molecule has 0 spiro atoms. The summed E-state index contributed by atoms with van der Waals surface area (Å²) in [6.45, 7) is 5.31. The second-order valence-corrected chi connectivity index (χ2v) is 14.1. The Morgan fingerprint density at radius 3 is 2.17 bits per heavy atom. The highest BCUT2D eigenvalue weighted by molar-refractivity contribution is 6.76. The second-order valence-electron chi connectivity index (χ2n) is 11.8. The zero-order valence-corrected chi connectivity index (χ0v) is 28.3.